The monoisotopic (exact) mass is 371 g/mol. The van der Waals surface area contributed by atoms with Gasteiger partial charge in [-0.2, -0.15) is 4.57 Å². The lowest BCUT2D eigenvalue weighted by Gasteiger charge is -2.07. The van der Waals surface area contributed by atoms with E-state index in [-0.39, 0.29) is 0 Å². The van der Waals surface area contributed by atoms with Crippen molar-refractivity contribution in [1.29, 1.82) is 0 Å². The van der Waals surface area contributed by atoms with Crippen LogP contribution in [0.2, 0.25) is 0 Å². The molecule has 1 heterocycles. The van der Waals surface area contributed by atoms with E-state index in [0.29, 0.717) is 0 Å². The number of hydrogen-bond acceptors (Lipinski definition) is 2. The molecule has 4 aromatic rings. The molecule has 134 valence electrons. The second kappa shape index (κ2) is 7.77. The first-order valence-electron chi connectivity index (χ1n) is 9.24. The summed E-state index contributed by atoms with van der Waals surface area (Å²) in [7, 11) is 0. The number of benzene rings is 3. The zero-order valence-electron chi connectivity index (χ0n) is 15.3. The van der Waals surface area contributed by atoms with Gasteiger partial charge in [-0.3, -0.25) is 0 Å². The molecule has 0 saturated carbocycles. The lowest BCUT2D eigenvalue weighted by Crippen LogP contribution is -2.35. The van der Waals surface area contributed by atoms with Crippen LogP contribution in [0.15, 0.2) is 79.4 Å². The van der Waals surface area contributed by atoms with Crippen molar-refractivity contribution in [3.8, 4) is 11.1 Å². The number of rotatable bonds is 6. The summed E-state index contributed by atoms with van der Waals surface area (Å²) >= 11 is 1.78. The molecule has 3 aromatic carbocycles. The van der Waals surface area contributed by atoms with Crippen molar-refractivity contribution in [2.24, 2.45) is 0 Å². The number of aromatic nitrogens is 1. The van der Waals surface area contributed by atoms with E-state index in [1.165, 1.54) is 20.8 Å². The fraction of sp³-hybridized carbons (Fsp3) is 0.125. The van der Waals surface area contributed by atoms with Crippen LogP contribution in [0.25, 0.3) is 27.4 Å². The van der Waals surface area contributed by atoms with Gasteiger partial charge in [0.25, 0.3) is 5.01 Å². The largest absolute Gasteiger partial charge is 0.398 e. The zero-order valence-corrected chi connectivity index (χ0v) is 16.1. The summed E-state index contributed by atoms with van der Waals surface area (Å²) in [4.78, 5) is 0. The Labute approximate surface area is 164 Å². The van der Waals surface area contributed by atoms with Gasteiger partial charge in [0.2, 0.25) is 5.52 Å². The summed E-state index contributed by atoms with van der Waals surface area (Å²) in [5.41, 5.74) is 12.1. The minimum absolute atomic E-state index is 0.818. The molecule has 2 nitrogen and oxygen atoms in total. The maximum atomic E-state index is 6.42. The fourth-order valence-electron chi connectivity index (χ4n) is 3.58. The second-order valence-electron chi connectivity index (χ2n) is 6.63. The summed E-state index contributed by atoms with van der Waals surface area (Å²) in [6.07, 6.45) is 4.09. The molecule has 0 aliphatic rings. The molecular weight excluding hydrogens is 348 g/mol. The lowest BCUT2D eigenvalue weighted by molar-refractivity contribution is -0.668. The number of nitrogens with two attached hydrogens (primary N) is 1. The smallest absolute Gasteiger partial charge is 0.262 e. The van der Waals surface area contributed by atoms with Crippen molar-refractivity contribution >= 4 is 33.3 Å². The van der Waals surface area contributed by atoms with Gasteiger partial charge in [0.1, 0.15) is 4.70 Å². The molecule has 0 fully saturated rings. The minimum atomic E-state index is 0.818. The third-order valence-corrected chi connectivity index (χ3v) is 6.00. The normalized spacial score (nSPS) is 11.0. The Morgan fingerprint density at radius 1 is 0.926 bits per heavy atom. The highest BCUT2D eigenvalue weighted by Gasteiger charge is 2.24. The summed E-state index contributed by atoms with van der Waals surface area (Å²) in [5.74, 6) is 0. The predicted molar refractivity (Wildman–Crippen MR) is 117 cm³/mol. The van der Waals surface area contributed by atoms with E-state index in [1.807, 2.05) is 18.2 Å². The number of anilines is 1. The van der Waals surface area contributed by atoms with Crippen molar-refractivity contribution in [3.05, 3.63) is 89.9 Å². The summed E-state index contributed by atoms with van der Waals surface area (Å²) in [6.45, 7) is 4.98. The molecule has 27 heavy (non-hydrogen) atoms. The first-order chi connectivity index (χ1) is 13.3. The maximum absolute atomic E-state index is 6.42. The van der Waals surface area contributed by atoms with E-state index in [1.54, 1.807) is 11.3 Å². The van der Waals surface area contributed by atoms with Gasteiger partial charge in [0.05, 0.1) is 5.56 Å². The van der Waals surface area contributed by atoms with Crippen LogP contribution in [0.3, 0.4) is 0 Å². The molecule has 0 bridgehead atoms. The number of nitrogen functional groups attached to an aromatic ring is 1. The predicted octanol–water partition coefficient (Wildman–Crippen LogP) is 5.71. The molecule has 0 aliphatic heterocycles. The van der Waals surface area contributed by atoms with E-state index in [4.69, 9.17) is 5.73 Å². The van der Waals surface area contributed by atoms with Crippen molar-refractivity contribution in [2.45, 2.75) is 19.4 Å². The van der Waals surface area contributed by atoms with Crippen LogP contribution in [0.4, 0.5) is 5.69 Å². The first-order valence-corrected chi connectivity index (χ1v) is 10.1. The van der Waals surface area contributed by atoms with Gasteiger partial charge in [0, 0.05) is 18.2 Å². The van der Waals surface area contributed by atoms with Crippen LogP contribution in [-0.2, 0) is 13.0 Å². The highest BCUT2D eigenvalue weighted by molar-refractivity contribution is 7.19. The molecule has 2 N–H and O–H groups in total. The van der Waals surface area contributed by atoms with Crippen LogP contribution < -0.4 is 10.3 Å². The third kappa shape index (κ3) is 3.51. The van der Waals surface area contributed by atoms with Gasteiger partial charge in [-0.05, 0) is 29.7 Å². The van der Waals surface area contributed by atoms with Gasteiger partial charge in [-0.25, -0.2) is 0 Å². The van der Waals surface area contributed by atoms with Crippen LogP contribution in [0, 0.1) is 0 Å². The molecule has 4 rings (SSSR count). The Balaban J connectivity index is 1.76. The van der Waals surface area contributed by atoms with Gasteiger partial charge in [-0.15, -0.1) is 0 Å². The second-order valence-corrected chi connectivity index (χ2v) is 7.69. The Kier molecular flexibility index (Phi) is 5.03. The molecule has 0 atom stereocenters. The first kappa shape index (κ1) is 17.5. The van der Waals surface area contributed by atoms with Crippen molar-refractivity contribution in [1.82, 2.24) is 0 Å². The zero-order chi connectivity index (χ0) is 18.6. The van der Waals surface area contributed by atoms with Gasteiger partial charge >= 0.3 is 0 Å². The molecule has 0 unspecified atom stereocenters. The number of aryl methyl sites for hydroxylation is 2. The van der Waals surface area contributed by atoms with Gasteiger partial charge in [0.15, 0.2) is 6.54 Å². The minimum Gasteiger partial charge on any atom is -0.398 e. The Morgan fingerprint density at radius 3 is 2.33 bits per heavy atom. The van der Waals surface area contributed by atoms with Crippen LogP contribution in [-0.4, -0.2) is 0 Å². The fourth-order valence-corrected chi connectivity index (χ4v) is 4.63. The SMILES string of the molecule is C=Cc1sc2ccc(N)c(-c3ccccc3)c2[n+]1CCCc1ccccc1. The van der Waals surface area contributed by atoms with E-state index >= 15 is 0 Å². The highest BCUT2D eigenvalue weighted by Crippen LogP contribution is 2.35. The Hall–Kier alpha value is -2.91. The van der Waals surface area contributed by atoms with Crippen LogP contribution >= 0.6 is 11.3 Å². The summed E-state index contributed by atoms with van der Waals surface area (Å²) in [5, 5.41) is 1.18. The number of hydrogen-bond donors (Lipinski definition) is 1. The van der Waals surface area contributed by atoms with Crippen molar-refractivity contribution in [2.75, 3.05) is 5.73 Å². The Morgan fingerprint density at radius 2 is 1.63 bits per heavy atom. The highest BCUT2D eigenvalue weighted by atomic mass is 32.1. The molecule has 1 aromatic heterocycles. The number of thiazole rings is 1. The van der Waals surface area contributed by atoms with E-state index < -0.39 is 0 Å². The van der Waals surface area contributed by atoms with Crippen molar-refractivity contribution in [3.63, 3.8) is 0 Å². The molecule has 0 amide bonds. The van der Waals surface area contributed by atoms with Gasteiger partial charge in [-0.1, -0.05) is 78.6 Å². The quantitative estimate of drug-likeness (QED) is 0.341. The lowest BCUT2D eigenvalue weighted by atomic mass is 10.0. The molecule has 0 radical (unpaired) electrons. The molecule has 3 heteroatoms. The van der Waals surface area contributed by atoms with E-state index in [9.17, 15) is 0 Å². The summed E-state index contributed by atoms with van der Waals surface area (Å²) in [6, 6.07) is 25.2. The number of fused-ring (bicyclic) bond motifs is 1. The molecule has 0 saturated heterocycles. The molecular formula is C24H23N2S+. The molecule has 0 spiro atoms. The molecule has 0 aliphatic carbocycles. The average Bonchev–Trinajstić information content (AvgIpc) is 3.07. The Bertz CT molecular complexity index is 1070. The maximum Gasteiger partial charge on any atom is 0.262 e. The van der Waals surface area contributed by atoms with E-state index in [0.717, 1.165) is 36.2 Å². The average molecular weight is 372 g/mol. The van der Waals surface area contributed by atoms with Crippen LogP contribution in [0.5, 0.6) is 0 Å². The third-order valence-electron chi connectivity index (χ3n) is 4.85. The van der Waals surface area contributed by atoms with Crippen molar-refractivity contribution < 1.29 is 4.57 Å². The topological polar surface area (TPSA) is 29.9 Å². The standard InChI is InChI=1S/C24H23N2S/c1-2-22-26(17-9-12-18-10-5-3-6-11-18)24-21(27-22)16-15-20(25)23(24)19-13-7-4-8-14-19/h2-8,10-11,13-16H,1,9,12,17,25H2/q+1. The van der Waals surface area contributed by atoms with Crippen LogP contribution in [0.1, 0.15) is 17.0 Å². The number of nitrogens with zero attached hydrogens (tertiary/aromatic N) is 1. The summed E-state index contributed by atoms with van der Waals surface area (Å²) < 4.78 is 3.63. The van der Waals surface area contributed by atoms with Gasteiger partial charge < -0.3 is 5.73 Å². The van der Waals surface area contributed by atoms with E-state index in [2.05, 4.69) is 71.8 Å².